The van der Waals surface area contributed by atoms with Crippen molar-refractivity contribution in [3.8, 4) is 11.3 Å². The molecular weight excluding hydrogens is 420 g/mol. The molecule has 0 radical (unpaired) electrons. The maximum Gasteiger partial charge on any atom is 0.137 e. The number of hydrogen-bond donors (Lipinski definition) is 2. The van der Waals surface area contributed by atoms with Crippen LogP contribution in [0.2, 0.25) is 0 Å². The standard InChI is InChI=1S/C28H36N6/c1-19(2)32-12-8-21(9-13-32)33-14-16-34(17-15-33)22-4-5-26-25(18-22)20(3)27(31-26)23-6-10-29-28-24(23)7-11-30-28/h4-7,10-11,18-19,21,31H,8-9,12-17H2,1-3H3,(H,29,30). The summed E-state index contributed by atoms with van der Waals surface area (Å²) in [6.07, 6.45) is 6.49. The normalized spacial score (nSPS) is 19.1. The number of pyridine rings is 1. The quantitative estimate of drug-likeness (QED) is 0.453. The summed E-state index contributed by atoms with van der Waals surface area (Å²) in [5, 5.41) is 2.48. The van der Waals surface area contributed by atoms with Crippen LogP contribution in [0.25, 0.3) is 33.2 Å². The van der Waals surface area contributed by atoms with Crippen molar-refractivity contribution in [2.45, 2.75) is 45.7 Å². The number of benzene rings is 1. The van der Waals surface area contributed by atoms with E-state index in [9.17, 15) is 0 Å². The van der Waals surface area contributed by atoms with Gasteiger partial charge in [-0.2, -0.15) is 0 Å². The van der Waals surface area contributed by atoms with E-state index in [1.54, 1.807) is 0 Å². The molecule has 0 amide bonds. The lowest BCUT2D eigenvalue weighted by atomic mass is 10.0. The van der Waals surface area contributed by atoms with Crippen LogP contribution in [0.4, 0.5) is 5.69 Å². The molecule has 2 fully saturated rings. The minimum atomic E-state index is 0.678. The first-order valence-electron chi connectivity index (χ1n) is 12.9. The summed E-state index contributed by atoms with van der Waals surface area (Å²) in [5.41, 5.74) is 7.18. The molecule has 2 N–H and O–H groups in total. The van der Waals surface area contributed by atoms with E-state index < -0.39 is 0 Å². The fraction of sp³-hybridized carbons (Fsp3) is 0.464. The summed E-state index contributed by atoms with van der Waals surface area (Å²) in [6.45, 7) is 13.9. The van der Waals surface area contributed by atoms with E-state index in [1.807, 2.05) is 12.4 Å². The molecule has 2 aliphatic rings. The number of aromatic nitrogens is 3. The molecule has 0 unspecified atom stereocenters. The van der Waals surface area contributed by atoms with Crippen molar-refractivity contribution in [2.75, 3.05) is 44.2 Å². The second kappa shape index (κ2) is 8.75. The molecule has 178 valence electrons. The lowest BCUT2D eigenvalue weighted by molar-refractivity contribution is 0.0883. The number of anilines is 1. The summed E-state index contributed by atoms with van der Waals surface area (Å²) >= 11 is 0. The van der Waals surface area contributed by atoms with Gasteiger partial charge in [-0.1, -0.05) is 0 Å². The number of piperazine rings is 1. The highest BCUT2D eigenvalue weighted by molar-refractivity contribution is 5.99. The first-order chi connectivity index (χ1) is 16.6. The highest BCUT2D eigenvalue weighted by Gasteiger charge is 2.28. The molecule has 2 aliphatic heterocycles. The van der Waals surface area contributed by atoms with Gasteiger partial charge in [-0.05, 0) is 82.6 Å². The molecule has 0 atom stereocenters. The Morgan fingerprint density at radius 2 is 1.74 bits per heavy atom. The molecule has 1 aromatic carbocycles. The fourth-order valence-electron chi connectivity index (χ4n) is 6.07. The van der Waals surface area contributed by atoms with Crippen molar-refractivity contribution in [2.24, 2.45) is 0 Å². The van der Waals surface area contributed by atoms with Crippen LogP contribution in [0.1, 0.15) is 32.3 Å². The predicted molar refractivity (Wildman–Crippen MR) is 142 cm³/mol. The predicted octanol–water partition coefficient (Wildman–Crippen LogP) is 5.01. The van der Waals surface area contributed by atoms with Gasteiger partial charge in [-0.3, -0.25) is 4.90 Å². The second-order valence-electron chi connectivity index (χ2n) is 10.3. The van der Waals surface area contributed by atoms with Gasteiger partial charge in [-0.15, -0.1) is 0 Å². The Balaban J connectivity index is 1.19. The van der Waals surface area contributed by atoms with E-state index in [0.717, 1.165) is 30.2 Å². The van der Waals surface area contributed by atoms with Gasteiger partial charge in [0.1, 0.15) is 5.65 Å². The van der Waals surface area contributed by atoms with Crippen LogP contribution in [0.15, 0.2) is 42.7 Å². The Hall–Kier alpha value is -2.83. The molecule has 0 saturated carbocycles. The van der Waals surface area contributed by atoms with E-state index in [1.165, 1.54) is 72.4 Å². The highest BCUT2D eigenvalue weighted by Crippen LogP contribution is 2.35. The monoisotopic (exact) mass is 456 g/mol. The third kappa shape index (κ3) is 3.79. The maximum absolute atomic E-state index is 4.45. The van der Waals surface area contributed by atoms with Crippen LogP contribution in [0.3, 0.4) is 0 Å². The number of likely N-dealkylation sites (tertiary alicyclic amines) is 1. The molecule has 6 nitrogen and oxygen atoms in total. The minimum absolute atomic E-state index is 0.678. The SMILES string of the molecule is Cc1c(-c2ccnc3[nH]ccc23)[nH]c2ccc(N3CCN(C4CCN(C(C)C)CC4)CC3)cc12. The number of nitrogens with zero attached hydrogens (tertiary/aromatic N) is 4. The third-order valence-corrected chi connectivity index (χ3v) is 8.20. The number of fused-ring (bicyclic) bond motifs is 2. The Labute approximate surface area is 202 Å². The number of aryl methyl sites for hydroxylation is 1. The zero-order chi connectivity index (χ0) is 23.2. The Kier molecular flexibility index (Phi) is 5.58. The second-order valence-corrected chi connectivity index (χ2v) is 10.3. The zero-order valence-corrected chi connectivity index (χ0v) is 20.6. The molecule has 34 heavy (non-hydrogen) atoms. The average molecular weight is 457 g/mol. The Bertz CT molecular complexity index is 1280. The largest absolute Gasteiger partial charge is 0.369 e. The molecule has 2 saturated heterocycles. The highest BCUT2D eigenvalue weighted by atomic mass is 15.3. The van der Waals surface area contributed by atoms with Crippen molar-refractivity contribution in [1.29, 1.82) is 0 Å². The molecular formula is C28H36N6. The van der Waals surface area contributed by atoms with Gasteiger partial charge in [0.15, 0.2) is 0 Å². The van der Waals surface area contributed by atoms with Gasteiger partial charge in [0.2, 0.25) is 0 Å². The molecule has 6 rings (SSSR count). The summed E-state index contributed by atoms with van der Waals surface area (Å²) in [6, 6.07) is 12.6. The number of hydrogen-bond acceptors (Lipinski definition) is 4. The Morgan fingerprint density at radius 1 is 0.941 bits per heavy atom. The summed E-state index contributed by atoms with van der Waals surface area (Å²) < 4.78 is 0. The van der Waals surface area contributed by atoms with E-state index in [2.05, 4.69) is 80.8 Å². The molecule has 6 heteroatoms. The van der Waals surface area contributed by atoms with Crippen molar-refractivity contribution < 1.29 is 0 Å². The average Bonchev–Trinajstić information content (AvgIpc) is 3.48. The van der Waals surface area contributed by atoms with Crippen LogP contribution in [-0.2, 0) is 0 Å². The number of piperidine rings is 1. The van der Waals surface area contributed by atoms with E-state index in [0.29, 0.717) is 6.04 Å². The molecule has 0 aliphatic carbocycles. The van der Waals surface area contributed by atoms with Gasteiger partial charge in [0.25, 0.3) is 0 Å². The van der Waals surface area contributed by atoms with Gasteiger partial charge in [0, 0.05) is 78.2 Å². The van der Waals surface area contributed by atoms with Crippen molar-refractivity contribution in [3.63, 3.8) is 0 Å². The van der Waals surface area contributed by atoms with Gasteiger partial charge < -0.3 is 19.8 Å². The van der Waals surface area contributed by atoms with Crippen LogP contribution < -0.4 is 4.90 Å². The molecule has 5 heterocycles. The summed E-state index contributed by atoms with van der Waals surface area (Å²) in [4.78, 5) is 19.3. The lowest BCUT2D eigenvalue weighted by Crippen LogP contribution is -2.53. The molecule has 0 bridgehead atoms. The Morgan fingerprint density at radius 3 is 2.50 bits per heavy atom. The lowest BCUT2D eigenvalue weighted by Gasteiger charge is -2.44. The van der Waals surface area contributed by atoms with E-state index in [-0.39, 0.29) is 0 Å². The molecule has 3 aromatic heterocycles. The van der Waals surface area contributed by atoms with Crippen LogP contribution in [-0.4, -0.2) is 76.1 Å². The van der Waals surface area contributed by atoms with Crippen molar-refractivity contribution >= 4 is 27.6 Å². The van der Waals surface area contributed by atoms with Gasteiger partial charge >= 0.3 is 0 Å². The minimum Gasteiger partial charge on any atom is -0.369 e. The number of nitrogens with one attached hydrogen (secondary N) is 2. The summed E-state index contributed by atoms with van der Waals surface area (Å²) in [7, 11) is 0. The van der Waals surface area contributed by atoms with Gasteiger partial charge in [0.05, 0.1) is 5.69 Å². The molecule has 0 spiro atoms. The zero-order valence-electron chi connectivity index (χ0n) is 20.6. The first kappa shape index (κ1) is 21.7. The third-order valence-electron chi connectivity index (χ3n) is 8.20. The van der Waals surface area contributed by atoms with E-state index >= 15 is 0 Å². The number of aromatic amines is 2. The van der Waals surface area contributed by atoms with Crippen molar-refractivity contribution in [3.05, 3.63) is 48.3 Å². The fourth-order valence-corrected chi connectivity index (χ4v) is 6.07. The van der Waals surface area contributed by atoms with Crippen molar-refractivity contribution in [1.82, 2.24) is 24.8 Å². The topological polar surface area (TPSA) is 54.2 Å². The van der Waals surface area contributed by atoms with Crippen LogP contribution in [0.5, 0.6) is 0 Å². The number of rotatable bonds is 4. The maximum atomic E-state index is 4.45. The van der Waals surface area contributed by atoms with Crippen LogP contribution in [0, 0.1) is 6.92 Å². The van der Waals surface area contributed by atoms with Gasteiger partial charge in [-0.25, -0.2) is 4.98 Å². The smallest absolute Gasteiger partial charge is 0.137 e. The number of H-pyrrole nitrogens is 2. The molecule has 4 aromatic rings. The van der Waals surface area contributed by atoms with Crippen LogP contribution >= 0.6 is 0 Å². The first-order valence-corrected chi connectivity index (χ1v) is 12.9. The van der Waals surface area contributed by atoms with E-state index in [4.69, 9.17) is 0 Å². The summed E-state index contributed by atoms with van der Waals surface area (Å²) in [5.74, 6) is 0.